The van der Waals surface area contributed by atoms with Crippen LogP contribution in [0.4, 0.5) is 0 Å². The van der Waals surface area contributed by atoms with Crippen molar-refractivity contribution in [1.82, 2.24) is 5.32 Å². The molecule has 0 spiro atoms. The van der Waals surface area contributed by atoms with Gasteiger partial charge >= 0.3 is 5.97 Å². The second kappa shape index (κ2) is 6.01. The second-order valence-electron chi connectivity index (χ2n) is 3.12. The third-order valence-electron chi connectivity index (χ3n) is 2.02. The van der Waals surface area contributed by atoms with Crippen molar-refractivity contribution in [1.29, 1.82) is 0 Å². The van der Waals surface area contributed by atoms with E-state index in [1.807, 2.05) is 0 Å². The monoisotopic (exact) mass is 259 g/mol. The van der Waals surface area contributed by atoms with E-state index in [9.17, 15) is 4.79 Å². The number of rotatable bonds is 3. The highest BCUT2D eigenvalue weighted by Gasteiger charge is 2.26. The van der Waals surface area contributed by atoms with E-state index in [1.54, 1.807) is 0 Å². The van der Waals surface area contributed by atoms with Crippen LogP contribution in [0.2, 0.25) is 0 Å². The molecule has 0 amide bonds. The summed E-state index contributed by atoms with van der Waals surface area (Å²) >= 11 is 16.5. The molecule has 0 radical (unpaired) electrons. The first-order chi connectivity index (χ1) is 6.61. The summed E-state index contributed by atoms with van der Waals surface area (Å²) in [6, 6.07) is -0.267. The summed E-state index contributed by atoms with van der Waals surface area (Å²) in [5.41, 5.74) is -0.977. The third-order valence-corrected chi connectivity index (χ3v) is 3.08. The molecule has 1 rings (SSSR count). The molecular formula is C8H12Cl3NO2. The molecule has 0 aliphatic carbocycles. The van der Waals surface area contributed by atoms with Gasteiger partial charge in [0.1, 0.15) is 6.04 Å². The van der Waals surface area contributed by atoms with E-state index in [-0.39, 0.29) is 12.0 Å². The molecule has 0 saturated carbocycles. The molecule has 0 aromatic carbocycles. The Kier molecular flexibility index (Phi) is 5.31. The van der Waals surface area contributed by atoms with E-state index in [1.165, 1.54) is 0 Å². The van der Waals surface area contributed by atoms with Crippen LogP contribution in [0.1, 0.15) is 19.3 Å². The van der Waals surface area contributed by atoms with Gasteiger partial charge < -0.3 is 10.1 Å². The van der Waals surface area contributed by atoms with Gasteiger partial charge in [-0.05, 0) is 19.4 Å². The fourth-order valence-corrected chi connectivity index (χ4v) is 1.49. The van der Waals surface area contributed by atoms with Crippen molar-refractivity contribution in [2.45, 2.75) is 35.7 Å². The highest BCUT2D eigenvalue weighted by atomic mass is 35.5. The topological polar surface area (TPSA) is 38.3 Å². The van der Waals surface area contributed by atoms with Crippen molar-refractivity contribution < 1.29 is 9.53 Å². The van der Waals surface area contributed by atoms with E-state index in [2.05, 4.69) is 5.32 Å². The van der Waals surface area contributed by atoms with Gasteiger partial charge in [0.25, 0.3) is 0 Å². The van der Waals surface area contributed by atoms with E-state index in [0.717, 1.165) is 25.8 Å². The number of hydrogen-bond acceptors (Lipinski definition) is 3. The standard InChI is InChI=1S/C8H12Cl3NO2/c9-6(10)7(11)14-8(13)5-3-1-2-4-12-5/h5-7,12H,1-4H2. The quantitative estimate of drug-likeness (QED) is 0.623. The summed E-state index contributed by atoms with van der Waals surface area (Å²) in [5, 5.41) is 3.04. The van der Waals surface area contributed by atoms with Gasteiger partial charge in [0.15, 0.2) is 4.84 Å². The van der Waals surface area contributed by atoms with Gasteiger partial charge in [-0.25, -0.2) is 0 Å². The predicted octanol–water partition coefficient (Wildman–Crippen LogP) is 2.04. The number of halogens is 3. The van der Waals surface area contributed by atoms with Crippen LogP contribution in [0.5, 0.6) is 0 Å². The zero-order chi connectivity index (χ0) is 10.6. The number of carbonyl (C=O) groups excluding carboxylic acids is 1. The third kappa shape index (κ3) is 3.81. The molecule has 1 heterocycles. The zero-order valence-corrected chi connectivity index (χ0v) is 9.78. The molecule has 6 heteroatoms. The molecule has 0 bridgehead atoms. The van der Waals surface area contributed by atoms with Gasteiger partial charge in [-0.15, -0.1) is 0 Å². The minimum atomic E-state index is -0.977. The smallest absolute Gasteiger partial charge is 0.324 e. The number of nitrogens with one attached hydrogen (secondary N) is 1. The fourth-order valence-electron chi connectivity index (χ4n) is 1.30. The molecule has 2 unspecified atom stereocenters. The Morgan fingerprint density at radius 1 is 1.36 bits per heavy atom. The summed E-state index contributed by atoms with van der Waals surface area (Å²) in [4.78, 5) is 10.5. The van der Waals surface area contributed by atoms with Gasteiger partial charge in [0.2, 0.25) is 5.56 Å². The van der Waals surface area contributed by atoms with Crippen LogP contribution in [0, 0.1) is 0 Å². The second-order valence-corrected chi connectivity index (χ2v) is 4.72. The van der Waals surface area contributed by atoms with Crippen molar-refractivity contribution >= 4 is 40.8 Å². The zero-order valence-electron chi connectivity index (χ0n) is 7.51. The first-order valence-electron chi connectivity index (χ1n) is 4.47. The Hall–Kier alpha value is 0.300. The molecule has 2 atom stereocenters. The lowest BCUT2D eigenvalue weighted by atomic mass is 10.1. The van der Waals surface area contributed by atoms with Gasteiger partial charge in [-0.3, -0.25) is 4.79 Å². The molecule has 0 aromatic rings. The van der Waals surface area contributed by atoms with Crippen LogP contribution < -0.4 is 5.32 Å². The fraction of sp³-hybridized carbons (Fsp3) is 0.875. The Balaban J connectivity index is 2.33. The predicted molar refractivity (Wildman–Crippen MR) is 56.9 cm³/mol. The van der Waals surface area contributed by atoms with Crippen molar-refractivity contribution in [2.75, 3.05) is 6.54 Å². The Labute approximate surface area is 98.0 Å². The average Bonchev–Trinajstić information content (AvgIpc) is 2.19. The normalized spacial score (nSPS) is 24.7. The van der Waals surface area contributed by atoms with Gasteiger partial charge in [0, 0.05) is 0 Å². The highest BCUT2D eigenvalue weighted by molar-refractivity contribution is 6.48. The maximum Gasteiger partial charge on any atom is 0.324 e. The lowest BCUT2D eigenvalue weighted by Gasteiger charge is -2.23. The summed E-state index contributed by atoms with van der Waals surface area (Å²) < 4.78 is 4.85. The van der Waals surface area contributed by atoms with Crippen molar-refractivity contribution in [3.8, 4) is 0 Å². The maximum absolute atomic E-state index is 11.4. The Bertz CT molecular complexity index is 195. The summed E-state index contributed by atoms with van der Waals surface area (Å²) in [7, 11) is 0. The molecule has 1 fully saturated rings. The molecule has 1 N–H and O–H groups in total. The molecule has 0 aromatic heterocycles. The summed E-state index contributed by atoms with van der Waals surface area (Å²) in [6.45, 7) is 0.831. The summed E-state index contributed by atoms with van der Waals surface area (Å²) in [5.74, 6) is -0.379. The Morgan fingerprint density at radius 3 is 2.57 bits per heavy atom. The molecular weight excluding hydrogens is 248 g/mol. The van der Waals surface area contributed by atoms with E-state index >= 15 is 0 Å². The van der Waals surface area contributed by atoms with Crippen LogP contribution in [0.25, 0.3) is 0 Å². The van der Waals surface area contributed by atoms with Crippen LogP contribution in [0.3, 0.4) is 0 Å². The molecule has 1 saturated heterocycles. The first-order valence-corrected chi connectivity index (χ1v) is 5.78. The summed E-state index contributed by atoms with van der Waals surface area (Å²) in [6.07, 6.45) is 2.88. The van der Waals surface area contributed by atoms with Crippen molar-refractivity contribution in [2.24, 2.45) is 0 Å². The van der Waals surface area contributed by atoms with Gasteiger partial charge in [-0.2, -0.15) is 0 Å². The van der Waals surface area contributed by atoms with Gasteiger partial charge in [0.05, 0.1) is 0 Å². The SMILES string of the molecule is O=C(OC(Cl)C(Cl)Cl)C1CCCCN1. The van der Waals surface area contributed by atoms with Crippen LogP contribution in [-0.2, 0) is 9.53 Å². The van der Waals surface area contributed by atoms with E-state index in [4.69, 9.17) is 39.5 Å². The number of hydrogen-bond donors (Lipinski definition) is 1. The number of carbonyl (C=O) groups is 1. The average molecular weight is 261 g/mol. The molecule has 3 nitrogen and oxygen atoms in total. The minimum absolute atomic E-state index is 0.267. The molecule has 82 valence electrons. The molecule has 1 aliphatic heterocycles. The Morgan fingerprint density at radius 2 is 2.07 bits per heavy atom. The van der Waals surface area contributed by atoms with Crippen LogP contribution in [0.15, 0.2) is 0 Å². The lowest BCUT2D eigenvalue weighted by Crippen LogP contribution is -2.42. The number of ether oxygens (including phenoxy) is 1. The maximum atomic E-state index is 11.4. The number of alkyl halides is 3. The van der Waals surface area contributed by atoms with E-state index < -0.39 is 10.4 Å². The molecule has 1 aliphatic rings. The molecule has 14 heavy (non-hydrogen) atoms. The highest BCUT2D eigenvalue weighted by Crippen LogP contribution is 2.17. The number of piperidine rings is 1. The van der Waals surface area contributed by atoms with Gasteiger partial charge in [-0.1, -0.05) is 41.2 Å². The minimum Gasteiger partial charge on any atom is -0.442 e. The number of esters is 1. The van der Waals surface area contributed by atoms with Crippen LogP contribution in [-0.4, -0.2) is 29.0 Å². The van der Waals surface area contributed by atoms with Crippen molar-refractivity contribution in [3.05, 3.63) is 0 Å². The van der Waals surface area contributed by atoms with E-state index in [0.29, 0.717) is 0 Å². The van der Waals surface area contributed by atoms with Crippen LogP contribution >= 0.6 is 34.8 Å². The van der Waals surface area contributed by atoms with Crippen molar-refractivity contribution in [3.63, 3.8) is 0 Å². The largest absolute Gasteiger partial charge is 0.442 e. The lowest BCUT2D eigenvalue weighted by molar-refractivity contribution is -0.148. The first kappa shape index (κ1) is 12.4.